The molecule has 1 atom stereocenters. The summed E-state index contributed by atoms with van der Waals surface area (Å²) in [6.45, 7) is 7.28. The van der Waals surface area contributed by atoms with Gasteiger partial charge in [-0.15, -0.1) is 0 Å². The topological polar surface area (TPSA) is 12.0 Å². The third-order valence-electron chi connectivity index (χ3n) is 3.77. The van der Waals surface area contributed by atoms with E-state index in [2.05, 4.69) is 78.4 Å². The molecule has 0 heterocycles. The Labute approximate surface area is 140 Å². The average molecular weight is 367 g/mol. The Morgan fingerprint density at radius 1 is 1.14 bits per heavy atom. The van der Waals surface area contributed by atoms with Gasteiger partial charge in [-0.3, -0.25) is 0 Å². The van der Waals surface area contributed by atoms with E-state index in [0.29, 0.717) is 0 Å². The fraction of sp³-hybridized carbons (Fsp3) is 0.333. The molecule has 21 heavy (non-hydrogen) atoms. The van der Waals surface area contributed by atoms with E-state index in [1.54, 1.807) is 0 Å². The molecule has 0 aromatic heterocycles. The molecule has 0 amide bonds. The minimum atomic E-state index is 0.232. The van der Waals surface area contributed by atoms with Gasteiger partial charge in [0.1, 0.15) is 0 Å². The molecule has 0 radical (unpaired) electrons. The van der Waals surface area contributed by atoms with Crippen LogP contribution in [0.4, 0.5) is 0 Å². The SMILES string of the molecule is CCNC(Cc1cccc(Br)c1)c1cc(C)c(C)cc1Cl. The van der Waals surface area contributed by atoms with Gasteiger partial charge in [-0.1, -0.05) is 52.7 Å². The molecule has 112 valence electrons. The lowest BCUT2D eigenvalue weighted by molar-refractivity contribution is 0.549. The summed E-state index contributed by atoms with van der Waals surface area (Å²) in [5.74, 6) is 0. The van der Waals surface area contributed by atoms with Gasteiger partial charge in [0.25, 0.3) is 0 Å². The molecular formula is C18H21BrClN. The van der Waals surface area contributed by atoms with Gasteiger partial charge in [-0.05, 0) is 67.3 Å². The fourth-order valence-electron chi connectivity index (χ4n) is 2.51. The van der Waals surface area contributed by atoms with Crippen LogP contribution in [0.3, 0.4) is 0 Å². The maximum atomic E-state index is 6.48. The monoisotopic (exact) mass is 365 g/mol. The highest BCUT2D eigenvalue weighted by Crippen LogP contribution is 2.29. The zero-order valence-electron chi connectivity index (χ0n) is 12.7. The van der Waals surface area contributed by atoms with Crippen molar-refractivity contribution >= 4 is 27.5 Å². The van der Waals surface area contributed by atoms with E-state index in [1.165, 1.54) is 22.3 Å². The van der Waals surface area contributed by atoms with E-state index in [-0.39, 0.29) is 6.04 Å². The second-order valence-corrected chi connectivity index (χ2v) is 6.73. The molecule has 2 aromatic rings. The fourth-order valence-corrected chi connectivity index (χ4v) is 3.31. The third kappa shape index (κ3) is 4.32. The molecule has 2 rings (SSSR count). The summed E-state index contributed by atoms with van der Waals surface area (Å²) in [4.78, 5) is 0. The maximum Gasteiger partial charge on any atom is 0.0456 e. The minimum absolute atomic E-state index is 0.232. The number of aryl methyl sites for hydroxylation is 2. The lowest BCUT2D eigenvalue weighted by atomic mass is 9.95. The predicted molar refractivity (Wildman–Crippen MR) is 95.2 cm³/mol. The smallest absolute Gasteiger partial charge is 0.0456 e. The highest BCUT2D eigenvalue weighted by molar-refractivity contribution is 9.10. The standard InChI is InChI=1S/C18H21BrClN/c1-4-21-18(11-14-6-5-7-15(19)10-14)16-8-12(2)13(3)9-17(16)20/h5-10,18,21H,4,11H2,1-3H3. The van der Waals surface area contributed by atoms with Gasteiger partial charge >= 0.3 is 0 Å². The van der Waals surface area contributed by atoms with Crippen molar-refractivity contribution in [3.05, 3.63) is 68.1 Å². The van der Waals surface area contributed by atoms with Gasteiger partial charge in [0.15, 0.2) is 0 Å². The quantitative estimate of drug-likeness (QED) is 0.725. The predicted octanol–water partition coefficient (Wildman–Crippen LogP) is 5.61. The van der Waals surface area contributed by atoms with Gasteiger partial charge in [-0.25, -0.2) is 0 Å². The lowest BCUT2D eigenvalue weighted by Gasteiger charge is -2.21. The van der Waals surface area contributed by atoms with Crippen LogP contribution in [0.25, 0.3) is 0 Å². The van der Waals surface area contributed by atoms with E-state index in [4.69, 9.17) is 11.6 Å². The third-order valence-corrected chi connectivity index (χ3v) is 4.59. The van der Waals surface area contributed by atoms with Crippen molar-refractivity contribution in [1.82, 2.24) is 5.32 Å². The van der Waals surface area contributed by atoms with Crippen LogP contribution < -0.4 is 5.32 Å². The van der Waals surface area contributed by atoms with Crippen molar-refractivity contribution in [3.63, 3.8) is 0 Å². The van der Waals surface area contributed by atoms with Crippen molar-refractivity contribution in [2.75, 3.05) is 6.54 Å². The zero-order chi connectivity index (χ0) is 15.4. The van der Waals surface area contributed by atoms with Crippen LogP contribution in [-0.2, 0) is 6.42 Å². The molecule has 1 unspecified atom stereocenters. The normalized spacial score (nSPS) is 12.4. The number of hydrogen-bond acceptors (Lipinski definition) is 1. The molecule has 2 aromatic carbocycles. The van der Waals surface area contributed by atoms with Crippen molar-refractivity contribution in [2.45, 2.75) is 33.2 Å². The first-order valence-corrected chi connectivity index (χ1v) is 8.42. The van der Waals surface area contributed by atoms with E-state index < -0.39 is 0 Å². The summed E-state index contributed by atoms with van der Waals surface area (Å²) in [5.41, 5.74) is 5.00. The number of rotatable bonds is 5. The number of hydrogen-bond donors (Lipinski definition) is 1. The van der Waals surface area contributed by atoms with Crippen LogP contribution in [0.5, 0.6) is 0 Å². The molecule has 0 aliphatic heterocycles. The molecule has 1 nitrogen and oxygen atoms in total. The Balaban J connectivity index is 2.33. The molecule has 0 fully saturated rings. The highest BCUT2D eigenvalue weighted by atomic mass is 79.9. The first kappa shape index (κ1) is 16.5. The Kier molecular flexibility index (Phi) is 5.86. The van der Waals surface area contributed by atoms with Crippen molar-refractivity contribution < 1.29 is 0 Å². The number of likely N-dealkylation sites (N-methyl/N-ethyl adjacent to an activating group) is 1. The lowest BCUT2D eigenvalue weighted by Crippen LogP contribution is -2.23. The number of nitrogens with one attached hydrogen (secondary N) is 1. The van der Waals surface area contributed by atoms with Gasteiger partial charge in [0.2, 0.25) is 0 Å². The minimum Gasteiger partial charge on any atom is -0.310 e. The molecule has 1 N–H and O–H groups in total. The van der Waals surface area contributed by atoms with Crippen LogP contribution in [0.1, 0.15) is 35.2 Å². The molecule has 0 bridgehead atoms. The molecule has 0 saturated heterocycles. The van der Waals surface area contributed by atoms with Gasteiger partial charge in [0.05, 0.1) is 0 Å². The van der Waals surface area contributed by atoms with Crippen molar-refractivity contribution in [1.29, 1.82) is 0 Å². The van der Waals surface area contributed by atoms with E-state index in [0.717, 1.165) is 22.5 Å². The Hall–Kier alpha value is -0.830. The first-order valence-electron chi connectivity index (χ1n) is 7.25. The summed E-state index contributed by atoms with van der Waals surface area (Å²) in [6.07, 6.45) is 0.926. The summed E-state index contributed by atoms with van der Waals surface area (Å²) < 4.78 is 1.11. The summed E-state index contributed by atoms with van der Waals surface area (Å²) >= 11 is 10.0. The Bertz CT molecular complexity index is 625. The van der Waals surface area contributed by atoms with Gasteiger partial charge < -0.3 is 5.32 Å². The zero-order valence-corrected chi connectivity index (χ0v) is 15.1. The first-order chi connectivity index (χ1) is 10.0. The van der Waals surface area contributed by atoms with Crippen LogP contribution in [-0.4, -0.2) is 6.54 Å². The Morgan fingerprint density at radius 3 is 2.52 bits per heavy atom. The highest BCUT2D eigenvalue weighted by Gasteiger charge is 2.15. The maximum absolute atomic E-state index is 6.48. The van der Waals surface area contributed by atoms with E-state index >= 15 is 0 Å². The van der Waals surface area contributed by atoms with Crippen molar-refractivity contribution in [2.24, 2.45) is 0 Å². The molecular weight excluding hydrogens is 346 g/mol. The molecule has 0 spiro atoms. The van der Waals surface area contributed by atoms with Crippen LogP contribution in [0.15, 0.2) is 40.9 Å². The van der Waals surface area contributed by atoms with E-state index in [1.807, 2.05) is 0 Å². The summed E-state index contributed by atoms with van der Waals surface area (Å²) in [5, 5.41) is 4.40. The molecule has 0 saturated carbocycles. The van der Waals surface area contributed by atoms with Gasteiger partial charge in [0, 0.05) is 15.5 Å². The number of benzene rings is 2. The second kappa shape index (κ2) is 7.44. The van der Waals surface area contributed by atoms with Crippen LogP contribution in [0.2, 0.25) is 5.02 Å². The molecule has 3 heteroatoms. The van der Waals surface area contributed by atoms with Crippen LogP contribution >= 0.6 is 27.5 Å². The second-order valence-electron chi connectivity index (χ2n) is 5.40. The summed E-state index contributed by atoms with van der Waals surface area (Å²) in [6, 6.07) is 13.0. The number of halogens is 2. The Morgan fingerprint density at radius 2 is 1.86 bits per heavy atom. The molecule has 0 aliphatic carbocycles. The largest absolute Gasteiger partial charge is 0.310 e. The average Bonchev–Trinajstić information content (AvgIpc) is 2.42. The van der Waals surface area contributed by atoms with E-state index in [9.17, 15) is 0 Å². The van der Waals surface area contributed by atoms with Gasteiger partial charge in [-0.2, -0.15) is 0 Å². The summed E-state index contributed by atoms with van der Waals surface area (Å²) in [7, 11) is 0. The molecule has 0 aliphatic rings. The van der Waals surface area contributed by atoms with Crippen LogP contribution in [0, 0.1) is 13.8 Å². The van der Waals surface area contributed by atoms with Crippen molar-refractivity contribution in [3.8, 4) is 0 Å².